The van der Waals surface area contributed by atoms with Gasteiger partial charge in [-0.3, -0.25) is 9.69 Å². The summed E-state index contributed by atoms with van der Waals surface area (Å²) in [4.78, 5) is 12.5. The smallest absolute Gasteiger partial charge is 0.405 e. The molecule has 0 aliphatic carbocycles. The summed E-state index contributed by atoms with van der Waals surface area (Å²) >= 11 is 0. The fraction of sp³-hybridized carbons (Fsp3) is 0.818. The molecule has 7 heteroatoms. The number of rotatable bonds is 6. The Labute approximate surface area is 104 Å². The highest BCUT2D eigenvalue weighted by molar-refractivity contribution is 5.71. The SMILES string of the molecule is CCOC(=O)CN(CC(C#N)C(F)(F)F)C(C)C. The van der Waals surface area contributed by atoms with Crippen LogP contribution in [-0.4, -0.2) is 42.8 Å². The van der Waals surface area contributed by atoms with E-state index in [0.29, 0.717) is 0 Å². The van der Waals surface area contributed by atoms with Crippen molar-refractivity contribution in [1.29, 1.82) is 5.26 Å². The van der Waals surface area contributed by atoms with Gasteiger partial charge in [-0.15, -0.1) is 0 Å². The maximum absolute atomic E-state index is 12.5. The van der Waals surface area contributed by atoms with Gasteiger partial charge in [0.2, 0.25) is 0 Å². The molecule has 0 bridgehead atoms. The molecule has 0 saturated carbocycles. The first kappa shape index (κ1) is 16.7. The van der Waals surface area contributed by atoms with Crippen molar-refractivity contribution in [3.8, 4) is 6.07 Å². The van der Waals surface area contributed by atoms with E-state index in [0.717, 1.165) is 0 Å². The predicted molar refractivity (Wildman–Crippen MR) is 58.5 cm³/mol. The van der Waals surface area contributed by atoms with Gasteiger partial charge in [-0.05, 0) is 20.8 Å². The molecule has 0 radical (unpaired) electrons. The van der Waals surface area contributed by atoms with Crippen LogP contribution in [0.3, 0.4) is 0 Å². The highest BCUT2D eigenvalue weighted by Crippen LogP contribution is 2.26. The molecular formula is C11H17F3N2O2. The highest BCUT2D eigenvalue weighted by Gasteiger charge is 2.41. The van der Waals surface area contributed by atoms with Gasteiger partial charge in [-0.25, -0.2) is 0 Å². The van der Waals surface area contributed by atoms with Crippen LogP contribution < -0.4 is 0 Å². The molecular weight excluding hydrogens is 249 g/mol. The Balaban J connectivity index is 4.63. The number of halogens is 3. The Bertz CT molecular complexity index is 310. The minimum Gasteiger partial charge on any atom is -0.465 e. The van der Waals surface area contributed by atoms with Gasteiger partial charge in [0.1, 0.15) is 0 Å². The van der Waals surface area contributed by atoms with E-state index < -0.39 is 24.6 Å². The summed E-state index contributed by atoms with van der Waals surface area (Å²) in [7, 11) is 0. The maximum Gasteiger partial charge on any atom is 0.405 e. The summed E-state index contributed by atoms with van der Waals surface area (Å²) in [5.41, 5.74) is 0. The number of esters is 1. The molecule has 0 N–H and O–H groups in total. The van der Waals surface area contributed by atoms with Gasteiger partial charge >= 0.3 is 12.1 Å². The number of ether oxygens (including phenoxy) is 1. The van der Waals surface area contributed by atoms with Gasteiger partial charge in [-0.2, -0.15) is 18.4 Å². The van der Waals surface area contributed by atoms with E-state index in [1.54, 1.807) is 20.8 Å². The largest absolute Gasteiger partial charge is 0.465 e. The Kier molecular flexibility index (Phi) is 6.70. The second-order valence-corrected chi connectivity index (χ2v) is 4.05. The molecule has 104 valence electrons. The van der Waals surface area contributed by atoms with Crippen LogP contribution in [0, 0.1) is 17.2 Å². The molecule has 0 heterocycles. The Morgan fingerprint density at radius 3 is 2.33 bits per heavy atom. The highest BCUT2D eigenvalue weighted by atomic mass is 19.4. The first-order valence-electron chi connectivity index (χ1n) is 5.58. The third-order valence-electron chi connectivity index (χ3n) is 2.34. The fourth-order valence-electron chi connectivity index (χ4n) is 1.28. The first-order valence-corrected chi connectivity index (χ1v) is 5.58. The lowest BCUT2D eigenvalue weighted by atomic mass is 10.1. The molecule has 4 nitrogen and oxygen atoms in total. The van der Waals surface area contributed by atoms with Crippen LogP contribution in [0.25, 0.3) is 0 Å². The molecule has 0 amide bonds. The van der Waals surface area contributed by atoms with Crippen molar-refractivity contribution in [3.63, 3.8) is 0 Å². The summed E-state index contributed by atoms with van der Waals surface area (Å²) in [5, 5.41) is 8.52. The van der Waals surface area contributed by atoms with E-state index in [9.17, 15) is 18.0 Å². The summed E-state index contributed by atoms with van der Waals surface area (Å²) in [6.45, 7) is 4.32. The van der Waals surface area contributed by atoms with Crippen LogP contribution in [0.5, 0.6) is 0 Å². The van der Waals surface area contributed by atoms with E-state index in [-0.39, 0.29) is 19.2 Å². The second kappa shape index (κ2) is 7.21. The summed E-state index contributed by atoms with van der Waals surface area (Å²) < 4.78 is 42.1. The number of carbonyl (C=O) groups is 1. The summed E-state index contributed by atoms with van der Waals surface area (Å²) in [5.74, 6) is -2.70. The van der Waals surface area contributed by atoms with Crippen LogP contribution in [-0.2, 0) is 9.53 Å². The summed E-state index contributed by atoms with van der Waals surface area (Å²) in [6, 6.07) is 0.929. The zero-order valence-electron chi connectivity index (χ0n) is 10.6. The van der Waals surface area contributed by atoms with Crippen LogP contribution in [0.1, 0.15) is 20.8 Å². The Hall–Kier alpha value is -1.29. The maximum atomic E-state index is 12.5. The van der Waals surface area contributed by atoms with Crippen molar-refractivity contribution in [1.82, 2.24) is 4.90 Å². The first-order chi connectivity index (χ1) is 8.22. The van der Waals surface area contributed by atoms with E-state index >= 15 is 0 Å². The second-order valence-electron chi connectivity index (χ2n) is 4.05. The van der Waals surface area contributed by atoms with Crippen molar-refractivity contribution < 1.29 is 22.7 Å². The lowest BCUT2D eigenvalue weighted by molar-refractivity contribution is -0.166. The van der Waals surface area contributed by atoms with Crippen LogP contribution in [0.4, 0.5) is 13.2 Å². The quantitative estimate of drug-likeness (QED) is 0.690. The van der Waals surface area contributed by atoms with E-state index in [2.05, 4.69) is 4.74 Å². The molecule has 0 fully saturated rings. The molecule has 1 unspecified atom stereocenters. The minimum atomic E-state index is -4.59. The average Bonchev–Trinajstić information content (AvgIpc) is 2.22. The minimum absolute atomic E-state index is 0.172. The lowest BCUT2D eigenvalue weighted by Gasteiger charge is -2.27. The van der Waals surface area contributed by atoms with Crippen molar-refractivity contribution in [2.24, 2.45) is 5.92 Å². The van der Waals surface area contributed by atoms with E-state index in [4.69, 9.17) is 5.26 Å². The van der Waals surface area contributed by atoms with Crippen molar-refractivity contribution in [2.75, 3.05) is 19.7 Å². The number of alkyl halides is 3. The Morgan fingerprint density at radius 2 is 2.00 bits per heavy atom. The molecule has 1 atom stereocenters. The molecule has 0 rings (SSSR count). The third kappa shape index (κ3) is 5.87. The van der Waals surface area contributed by atoms with Crippen LogP contribution in [0.2, 0.25) is 0 Å². The normalized spacial score (nSPS) is 13.5. The van der Waals surface area contributed by atoms with Gasteiger partial charge in [0, 0.05) is 12.6 Å². The predicted octanol–water partition coefficient (Wildman–Crippen LogP) is 1.96. The van der Waals surface area contributed by atoms with E-state index in [1.165, 1.54) is 11.0 Å². The third-order valence-corrected chi connectivity index (χ3v) is 2.34. The monoisotopic (exact) mass is 266 g/mol. The summed E-state index contributed by atoms with van der Waals surface area (Å²) in [6.07, 6.45) is -4.59. The zero-order valence-corrected chi connectivity index (χ0v) is 10.6. The van der Waals surface area contributed by atoms with Gasteiger partial charge in [0.15, 0.2) is 5.92 Å². The standard InChI is InChI=1S/C11H17F3N2O2/c1-4-18-10(17)7-16(8(2)3)6-9(5-15)11(12,13)14/h8-9H,4,6-7H2,1-3H3. The number of nitriles is 1. The topological polar surface area (TPSA) is 53.3 Å². The molecule has 0 aliphatic rings. The molecule has 0 spiro atoms. The average molecular weight is 266 g/mol. The van der Waals surface area contributed by atoms with Gasteiger partial charge < -0.3 is 4.74 Å². The number of hydrogen-bond acceptors (Lipinski definition) is 4. The zero-order chi connectivity index (χ0) is 14.3. The number of hydrogen-bond donors (Lipinski definition) is 0. The molecule has 0 aliphatic heterocycles. The molecule has 0 aromatic carbocycles. The fourth-order valence-corrected chi connectivity index (χ4v) is 1.28. The molecule has 0 aromatic heterocycles. The van der Waals surface area contributed by atoms with Gasteiger partial charge in [-0.1, -0.05) is 0 Å². The van der Waals surface area contributed by atoms with Crippen molar-refractivity contribution in [3.05, 3.63) is 0 Å². The van der Waals surface area contributed by atoms with Gasteiger partial charge in [0.25, 0.3) is 0 Å². The number of nitrogens with zero attached hydrogens (tertiary/aromatic N) is 2. The van der Waals surface area contributed by atoms with Crippen LogP contribution in [0.15, 0.2) is 0 Å². The van der Waals surface area contributed by atoms with Crippen LogP contribution >= 0.6 is 0 Å². The van der Waals surface area contributed by atoms with E-state index in [1.807, 2.05) is 0 Å². The van der Waals surface area contributed by atoms with Gasteiger partial charge in [0.05, 0.1) is 19.2 Å². The van der Waals surface area contributed by atoms with Crippen molar-refractivity contribution >= 4 is 5.97 Å². The van der Waals surface area contributed by atoms with Crippen molar-refractivity contribution in [2.45, 2.75) is 33.0 Å². The Morgan fingerprint density at radius 1 is 1.44 bits per heavy atom. The molecule has 0 saturated heterocycles. The lowest BCUT2D eigenvalue weighted by Crippen LogP contribution is -2.42. The molecule has 0 aromatic rings. The molecule has 18 heavy (non-hydrogen) atoms. The number of carbonyl (C=O) groups excluding carboxylic acids is 1.